The van der Waals surface area contributed by atoms with Crippen LogP contribution in [0.1, 0.15) is 47.0 Å². The third kappa shape index (κ3) is 7.28. The highest BCUT2D eigenvalue weighted by Crippen LogP contribution is 2.30. The number of hydrogen-bond donors (Lipinski definition) is 0. The van der Waals surface area contributed by atoms with Gasteiger partial charge in [0.05, 0.1) is 6.61 Å². The summed E-state index contributed by atoms with van der Waals surface area (Å²) >= 11 is 0. The van der Waals surface area contributed by atoms with Crippen LogP contribution in [-0.2, 0) is 23.6 Å². The van der Waals surface area contributed by atoms with E-state index in [0.29, 0.717) is 25.2 Å². The van der Waals surface area contributed by atoms with Gasteiger partial charge in [-0.1, -0.05) is 27.4 Å². The number of ether oxygens (including phenoxy) is 3. The summed E-state index contributed by atoms with van der Waals surface area (Å²) < 4.78 is 28.3. The Morgan fingerprint density at radius 3 is 2.29 bits per heavy atom. The van der Waals surface area contributed by atoms with Crippen LogP contribution in [0, 0.1) is 0 Å². The normalized spacial score (nSPS) is 15.6. The van der Waals surface area contributed by atoms with Gasteiger partial charge in [-0.15, -0.1) is 0 Å². The number of hydrogen-bond acceptors (Lipinski definition) is 5. The molecule has 0 aromatic rings. The lowest BCUT2D eigenvalue weighted by atomic mass is 10.1. The summed E-state index contributed by atoms with van der Waals surface area (Å²) in [6.45, 7) is 11.9. The molecule has 0 spiro atoms. The Hall–Kier alpha value is -0.610. The Balaban J connectivity index is 5.01. The van der Waals surface area contributed by atoms with E-state index in [1.807, 2.05) is 20.8 Å². The van der Waals surface area contributed by atoms with Gasteiger partial charge >= 0.3 is 0 Å². The van der Waals surface area contributed by atoms with Crippen molar-refractivity contribution in [1.29, 1.82) is 0 Å². The molecular weight excluding hydrogens is 291 g/mol. The molecule has 5 nitrogen and oxygen atoms in total. The van der Waals surface area contributed by atoms with Crippen molar-refractivity contribution in [3.63, 3.8) is 0 Å². The molecule has 0 radical (unpaired) electrons. The molecule has 21 heavy (non-hydrogen) atoms. The molecule has 0 rings (SSSR count). The molecule has 2 atom stereocenters. The molecule has 2 unspecified atom stereocenters. The van der Waals surface area contributed by atoms with Crippen molar-refractivity contribution >= 4 is 14.2 Å². The Bertz CT molecular complexity index is 345. The number of carbonyl (C=O) groups is 1. The first-order chi connectivity index (χ1) is 9.96. The van der Waals surface area contributed by atoms with Gasteiger partial charge in [0.25, 0.3) is 5.53 Å². The third-order valence-corrected chi connectivity index (χ3v) is 3.36. The van der Waals surface area contributed by atoms with Crippen LogP contribution in [0.3, 0.4) is 0 Å². The molecular formula is C15H27O5P. The van der Waals surface area contributed by atoms with Crippen molar-refractivity contribution < 1.29 is 23.6 Å². The minimum Gasteiger partial charge on any atom is -0.375 e. The van der Waals surface area contributed by atoms with Crippen LogP contribution in [0.25, 0.3) is 0 Å². The molecule has 0 aromatic carbocycles. The highest BCUT2D eigenvalue weighted by molar-refractivity contribution is 7.25. The van der Waals surface area contributed by atoms with Crippen LogP contribution in [0.4, 0.5) is 0 Å². The van der Waals surface area contributed by atoms with Crippen LogP contribution in [0.15, 0.2) is 12.2 Å². The quantitative estimate of drug-likeness (QED) is 0.224. The second kappa shape index (κ2) is 11.0. The van der Waals surface area contributed by atoms with E-state index in [4.69, 9.17) is 14.2 Å². The summed E-state index contributed by atoms with van der Waals surface area (Å²) in [4.78, 5) is 12.0. The molecule has 0 aliphatic rings. The lowest BCUT2D eigenvalue weighted by molar-refractivity contribution is -0.223. The molecule has 0 saturated carbocycles. The van der Waals surface area contributed by atoms with Crippen molar-refractivity contribution in [3.8, 4) is 0 Å². The monoisotopic (exact) mass is 318 g/mol. The van der Waals surface area contributed by atoms with E-state index < -0.39 is 11.6 Å². The fourth-order valence-corrected chi connectivity index (χ4v) is 2.07. The Morgan fingerprint density at radius 1 is 1.24 bits per heavy atom. The van der Waals surface area contributed by atoms with Crippen molar-refractivity contribution in [2.45, 2.75) is 58.6 Å². The predicted molar refractivity (Wildman–Crippen MR) is 82.7 cm³/mol. The zero-order valence-corrected chi connectivity index (χ0v) is 14.4. The first kappa shape index (κ1) is 20.4. The first-order valence-corrected chi connectivity index (χ1v) is 8.21. The van der Waals surface area contributed by atoms with Gasteiger partial charge in [0.1, 0.15) is 12.7 Å². The maximum atomic E-state index is 12.0. The molecule has 6 heteroatoms. The van der Waals surface area contributed by atoms with Gasteiger partial charge in [0.2, 0.25) is 8.46 Å². The van der Waals surface area contributed by atoms with Crippen LogP contribution >= 0.6 is 8.46 Å². The molecule has 0 heterocycles. The van der Waals surface area contributed by atoms with Crippen LogP contribution in [0.2, 0.25) is 0 Å². The van der Waals surface area contributed by atoms with Gasteiger partial charge in [-0.05, 0) is 31.8 Å². The summed E-state index contributed by atoms with van der Waals surface area (Å²) in [6.07, 6.45) is 1.30. The molecule has 0 aliphatic heterocycles. The lowest BCUT2D eigenvalue weighted by Crippen LogP contribution is -2.42. The summed E-state index contributed by atoms with van der Waals surface area (Å²) in [7, 11) is -0.350. The Labute approximate surface area is 129 Å². The van der Waals surface area contributed by atoms with Gasteiger partial charge < -0.3 is 14.2 Å². The predicted octanol–water partition coefficient (Wildman–Crippen LogP) is 3.73. The van der Waals surface area contributed by atoms with Gasteiger partial charge in [0.15, 0.2) is 5.78 Å². The summed E-state index contributed by atoms with van der Waals surface area (Å²) in [6, 6.07) is 0. The van der Waals surface area contributed by atoms with Gasteiger partial charge in [-0.3, -0.25) is 9.36 Å². The minimum absolute atomic E-state index is 0.0197. The van der Waals surface area contributed by atoms with E-state index in [1.54, 1.807) is 6.92 Å². The maximum Gasteiger partial charge on any atom is 0.276 e. The Kier molecular flexibility index (Phi) is 10.7. The summed E-state index contributed by atoms with van der Waals surface area (Å²) in [5, 5.41) is 0. The van der Waals surface area contributed by atoms with E-state index in [2.05, 4.69) is 6.58 Å². The van der Waals surface area contributed by atoms with E-state index in [0.717, 1.165) is 12.8 Å². The number of Topliss-reactive ketones (excluding diaryl/α,β-unsaturated/α-hetero) is 1. The zero-order valence-electron chi connectivity index (χ0n) is 13.5. The summed E-state index contributed by atoms with van der Waals surface area (Å²) in [5.41, 5.74) is -1.03. The maximum absolute atomic E-state index is 12.0. The van der Waals surface area contributed by atoms with E-state index >= 15 is 0 Å². The second-order valence-electron chi connectivity index (χ2n) is 4.86. The lowest BCUT2D eigenvalue weighted by Gasteiger charge is -2.30. The third-order valence-electron chi connectivity index (χ3n) is 2.71. The molecule has 0 amide bonds. The topological polar surface area (TPSA) is 61.8 Å². The molecule has 0 aromatic heterocycles. The fraction of sp³-hybridized carbons (Fsp3) is 0.800. The van der Waals surface area contributed by atoms with Gasteiger partial charge in [-0.2, -0.15) is 0 Å². The average molecular weight is 318 g/mol. The molecule has 0 bridgehead atoms. The molecule has 0 N–H and O–H groups in total. The highest BCUT2D eigenvalue weighted by atomic mass is 31.1. The van der Waals surface area contributed by atoms with Crippen LogP contribution in [-0.4, -0.2) is 37.2 Å². The number of rotatable bonds is 13. The summed E-state index contributed by atoms with van der Waals surface area (Å²) in [5.74, 6) is -0.207. The van der Waals surface area contributed by atoms with E-state index in [9.17, 15) is 9.36 Å². The van der Waals surface area contributed by atoms with E-state index in [1.165, 1.54) is 0 Å². The fourth-order valence-electron chi connectivity index (χ4n) is 1.61. The molecule has 0 fully saturated rings. The smallest absolute Gasteiger partial charge is 0.276 e. The Morgan fingerprint density at radius 2 is 1.86 bits per heavy atom. The second-order valence-corrected chi connectivity index (χ2v) is 5.73. The van der Waals surface area contributed by atoms with Gasteiger partial charge in [0, 0.05) is 6.61 Å². The highest BCUT2D eigenvalue weighted by Gasteiger charge is 2.38. The standard InChI is InChI=1S/C15H27O5P/c1-6-9-18-11-15(21-17,19-10-7-2)20-13(8-3)14(16)12(4)5/h13H,4,6-11H2,1-3,5H3. The molecule has 0 aliphatic carbocycles. The van der Waals surface area contributed by atoms with Crippen LogP contribution < -0.4 is 0 Å². The molecule has 0 saturated heterocycles. The SMILES string of the molecule is C=C(C)C(=O)C(CC)OC(COCCC)(OCCC)P=O. The largest absolute Gasteiger partial charge is 0.375 e. The van der Waals surface area contributed by atoms with Gasteiger partial charge in [-0.25, -0.2) is 0 Å². The minimum atomic E-state index is -1.43. The average Bonchev–Trinajstić information content (AvgIpc) is 2.49. The van der Waals surface area contributed by atoms with E-state index in [-0.39, 0.29) is 20.9 Å². The van der Waals surface area contributed by atoms with Crippen LogP contribution in [0.5, 0.6) is 0 Å². The van der Waals surface area contributed by atoms with Crippen molar-refractivity contribution in [3.05, 3.63) is 12.2 Å². The number of ketones is 1. The van der Waals surface area contributed by atoms with Crippen molar-refractivity contribution in [1.82, 2.24) is 0 Å². The zero-order chi connectivity index (χ0) is 16.3. The van der Waals surface area contributed by atoms with Crippen molar-refractivity contribution in [2.75, 3.05) is 19.8 Å². The number of carbonyl (C=O) groups excluding carboxylic acids is 1. The first-order valence-electron chi connectivity index (χ1n) is 7.40. The molecule has 122 valence electrons. The van der Waals surface area contributed by atoms with Crippen molar-refractivity contribution in [2.24, 2.45) is 0 Å².